The van der Waals surface area contributed by atoms with Crippen LogP contribution in [0.5, 0.6) is 5.75 Å². The lowest BCUT2D eigenvalue weighted by Gasteiger charge is -2.25. The smallest absolute Gasteiger partial charge is 0.272 e. The Labute approximate surface area is 239 Å². The predicted molar refractivity (Wildman–Crippen MR) is 156 cm³/mol. The van der Waals surface area contributed by atoms with Gasteiger partial charge in [0.1, 0.15) is 5.75 Å². The summed E-state index contributed by atoms with van der Waals surface area (Å²) in [4.78, 5) is 45.0. The number of fused-ring (bicyclic) bond motifs is 1. The highest BCUT2D eigenvalue weighted by Crippen LogP contribution is 2.30. The number of pyridine rings is 2. The zero-order valence-electron chi connectivity index (χ0n) is 23.0. The number of nitrogens with zero attached hydrogens (tertiary/aromatic N) is 2. The summed E-state index contributed by atoms with van der Waals surface area (Å²) in [7, 11) is 0. The van der Waals surface area contributed by atoms with Gasteiger partial charge >= 0.3 is 0 Å². The van der Waals surface area contributed by atoms with Crippen molar-refractivity contribution in [2.45, 2.75) is 44.9 Å². The standard InChI is InChI=1S/C20H21N3O3.C11H15N3O/c24-19(15-7-2-6-14-9-11-26-18(14)15)23-16-8-3-10-21-17(16)20(25)22-12-13-4-1-5-13;12-9-5-2-6-13-10(9)11(15)14-7-8-3-1-4-8/h2-3,6-8,10,13H,1,4-5,9,11-12H2,(H,22,25)(H,23,24);2,5-6,8H,1,3-4,7,12H2,(H,14,15). The molecule has 10 nitrogen and oxygen atoms in total. The first-order valence-corrected chi connectivity index (χ1v) is 14.3. The van der Waals surface area contributed by atoms with Crippen LogP contribution in [0.25, 0.3) is 0 Å². The number of rotatable bonds is 8. The Morgan fingerprint density at radius 1 is 0.805 bits per heavy atom. The maximum Gasteiger partial charge on any atom is 0.272 e. The molecule has 3 amide bonds. The van der Waals surface area contributed by atoms with Crippen molar-refractivity contribution in [1.29, 1.82) is 0 Å². The molecule has 2 aromatic heterocycles. The van der Waals surface area contributed by atoms with E-state index in [4.69, 9.17) is 10.5 Å². The third-order valence-corrected chi connectivity index (χ3v) is 7.84. The van der Waals surface area contributed by atoms with Gasteiger partial charge in [-0.3, -0.25) is 14.4 Å². The van der Waals surface area contributed by atoms with Gasteiger partial charge in [-0.25, -0.2) is 9.97 Å². The fraction of sp³-hybridized carbons (Fsp3) is 0.387. The molecule has 214 valence electrons. The third-order valence-electron chi connectivity index (χ3n) is 7.84. The van der Waals surface area contributed by atoms with Crippen LogP contribution in [0.15, 0.2) is 54.9 Å². The minimum atomic E-state index is -0.301. The molecule has 0 unspecified atom stereocenters. The molecule has 1 aliphatic heterocycles. The predicted octanol–water partition coefficient (Wildman–Crippen LogP) is 3.99. The summed E-state index contributed by atoms with van der Waals surface area (Å²) in [5.41, 5.74) is 8.55. The Balaban J connectivity index is 0.000000191. The number of hydrogen-bond acceptors (Lipinski definition) is 7. The van der Waals surface area contributed by atoms with E-state index in [1.54, 1.807) is 42.7 Å². The van der Waals surface area contributed by atoms with Gasteiger partial charge in [0.15, 0.2) is 11.4 Å². The fourth-order valence-corrected chi connectivity index (χ4v) is 4.91. The average Bonchev–Trinajstić information content (AvgIpc) is 3.41. The fourth-order valence-electron chi connectivity index (χ4n) is 4.91. The Bertz CT molecular complexity index is 1400. The van der Waals surface area contributed by atoms with Gasteiger partial charge in [-0.2, -0.15) is 0 Å². The Morgan fingerprint density at radius 3 is 2.07 bits per heavy atom. The van der Waals surface area contributed by atoms with E-state index in [0.717, 1.165) is 31.4 Å². The summed E-state index contributed by atoms with van der Waals surface area (Å²) >= 11 is 0. The van der Waals surface area contributed by atoms with Crippen LogP contribution in [-0.2, 0) is 6.42 Å². The van der Waals surface area contributed by atoms with Crippen LogP contribution >= 0.6 is 0 Å². The van der Waals surface area contributed by atoms with Crippen molar-refractivity contribution in [2.24, 2.45) is 11.8 Å². The van der Waals surface area contributed by atoms with Gasteiger partial charge in [0, 0.05) is 31.9 Å². The molecule has 41 heavy (non-hydrogen) atoms. The van der Waals surface area contributed by atoms with Crippen molar-refractivity contribution >= 4 is 29.1 Å². The third kappa shape index (κ3) is 7.00. The Morgan fingerprint density at radius 2 is 1.44 bits per heavy atom. The van der Waals surface area contributed by atoms with Gasteiger partial charge in [0.05, 0.1) is 23.5 Å². The monoisotopic (exact) mass is 556 g/mol. The number of nitrogen functional groups attached to an aromatic ring is 1. The molecule has 2 aliphatic carbocycles. The summed E-state index contributed by atoms with van der Waals surface area (Å²) < 4.78 is 5.59. The van der Waals surface area contributed by atoms with Gasteiger partial charge in [0.25, 0.3) is 17.7 Å². The number of anilines is 2. The van der Waals surface area contributed by atoms with Gasteiger partial charge < -0.3 is 26.4 Å². The van der Waals surface area contributed by atoms with Crippen LogP contribution in [0.2, 0.25) is 0 Å². The van der Waals surface area contributed by atoms with Crippen LogP contribution in [0.1, 0.15) is 75.4 Å². The minimum absolute atomic E-state index is 0.167. The maximum atomic E-state index is 12.7. The molecule has 0 saturated heterocycles. The number of aromatic nitrogens is 2. The van der Waals surface area contributed by atoms with Crippen molar-refractivity contribution in [1.82, 2.24) is 20.6 Å². The van der Waals surface area contributed by atoms with Crippen molar-refractivity contribution in [3.8, 4) is 5.75 Å². The van der Waals surface area contributed by atoms with Gasteiger partial charge in [0.2, 0.25) is 0 Å². The summed E-state index contributed by atoms with van der Waals surface area (Å²) in [5.74, 6) is 1.11. The Hall–Kier alpha value is -4.47. The minimum Gasteiger partial charge on any atom is -0.492 e. The summed E-state index contributed by atoms with van der Waals surface area (Å²) in [6.07, 6.45) is 11.2. The maximum absolute atomic E-state index is 12.7. The molecule has 0 spiro atoms. The number of carbonyl (C=O) groups excluding carboxylic acids is 3. The number of hydrogen-bond donors (Lipinski definition) is 4. The second-order valence-electron chi connectivity index (χ2n) is 10.7. The molecule has 0 radical (unpaired) electrons. The first-order chi connectivity index (χ1) is 20.0. The summed E-state index contributed by atoms with van der Waals surface area (Å²) in [5, 5.41) is 8.59. The number of benzene rings is 1. The van der Waals surface area contributed by atoms with Gasteiger partial charge in [-0.1, -0.05) is 25.0 Å². The molecule has 1 aromatic carbocycles. The highest BCUT2D eigenvalue weighted by molar-refractivity contribution is 6.09. The number of nitrogens with one attached hydrogen (secondary N) is 3. The SMILES string of the molecule is Nc1cccnc1C(=O)NCC1CCC1.O=C(Nc1cccnc1C(=O)NCC1CCC1)c1cccc2c1OCC2. The summed E-state index contributed by atoms with van der Waals surface area (Å²) in [6, 6.07) is 12.3. The van der Waals surface area contributed by atoms with Crippen LogP contribution < -0.4 is 26.4 Å². The van der Waals surface area contributed by atoms with E-state index in [1.165, 1.54) is 25.7 Å². The highest BCUT2D eigenvalue weighted by atomic mass is 16.5. The zero-order chi connectivity index (χ0) is 28.6. The second-order valence-corrected chi connectivity index (χ2v) is 10.7. The molecule has 3 heterocycles. The molecule has 0 bridgehead atoms. The van der Waals surface area contributed by atoms with Crippen LogP contribution in [0.4, 0.5) is 11.4 Å². The number of nitrogens with two attached hydrogens (primary N) is 1. The van der Waals surface area contributed by atoms with E-state index >= 15 is 0 Å². The molecular formula is C31H36N6O4. The lowest BCUT2D eigenvalue weighted by atomic mass is 9.85. The number of amides is 3. The van der Waals surface area contributed by atoms with E-state index in [1.807, 2.05) is 12.1 Å². The molecule has 0 atom stereocenters. The summed E-state index contributed by atoms with van der Waals surface area (Å²) in [6.45, 7) is 1.99. The molecule has 5 N–H and O–H groups in total. The lowest BCUT2D eigenvalue weighted by molar-refractivity contribution is 0.0926. The van der Waals surface area contributed by atoms with E-state index in [-0.39, 0.29) is 23.4 Å². The van der Waals surface area contributed by atoms with Gasteiger partial charge in [-0.15, -0.1) is 0 Å². The first-order valence-electron chi connectivity index (χ1n) is 14.3. The quantitative estimate of drug-likeness (QED) is 0.328. The average molecular weight is 557 g/mol. The van der Waals surface area contributed by atoms with E-state index in [0.29, 0.717) is 53.4 Å². The molecule has 2 saturated carbocycles. The zero-order valence-corrected chi connectivity index (χ0v) is 23.0. The van der Waals surface area contributed by atoms with Crippen LogP contribution in [0, 0.1) is 11.8 Å². The molecular weight excluding hydrogens is 520 g/mol. The van der Waals surface area contributed by atoms with Crippen molar-refractivity contribution < 1.29 is 19.1 Å². The topological polar surface area (TPSA) is 148 Å². The van der Waals surface area contributed by atoms with E-state index in [9.17, 15) is 14.4 Å². The van der Waals surface area contributed by atoms with E-state index < -0.39 is 0 Å². The molecule has 3 aromatic rings. The largest absolute Gasteiger partial charge is 0.492 e. The Kier molecular flexibility index (Phi) is 9.08. The van der Waals surface area contributed by atoms with Crippen molar-refractivity contribution in [3.05, 3.63) is 77.4 Å². The molecule has 6 rings (SSSR count). The normalized spacial score (nSPS) is 15.6. The van der Waals surface area contributed by atoms with E-state index in [2.05, 4.69) is 25.9 Å². The van der Waals surface area contributed by atoms with Gasteiger partial charge in [-0.05, 0) is 73.4 Å². The number of para-hydroxylation sites is 1. The number of carbonyl (C=O) groups is 3. The second kappa shape index (κ2) is 13.3. The van der Waals surface area contributed by atoms with Crippen molar-refractivity contribution in [3.63, 3.8) is 0 Å². The molecule has 10 heteroatoms. The molecule has 3 aliphatic rings. The van der Waals surface area contributed by atoms with Crippen LogP contribution in [-0.4, -0.2) is 47.4 Å². The first kappa shape index (κ1) is 28.1. The lowest BCUT2D eigenvalue weighted by Crippen LogP contribution is -2.33. The van der Waals surface area contributed by atoms with Crippen molar-refractivity contribution in [2.75, 3.05) is 30.7 Å². The number of ether oxygens (including phenoxy) is 1. The highest BCUT2D eigenvalue weighted by Gasteiger charge is 2.24. The molecule has 2 fully saturated rings. The van der Waals surface area contributed by atoms with Crippen LogP contribution in [0.3, 0.4) is 0 Å².